The molecule has 0 fully saturated rings. The number of hydrogen-bond acceptors (Lipinski definition) is 7. The van der Waals surface area contributed by atoms with Crippen LogP contribution >= 0.6 is 11.3 Å². The van der Waals surface area contributed by atoms with Crippen LogP contribution in [0.25, 0.3) is 0 Å². The number of carbonyl (C=O) groups excluding carboxylic acids is 3. The molecular weight excluding hydrogens is 294 g/mol. The summed E-state index contributed by atoms with van der Waals surface area (Å²) in [7, 11) is 1.23. The first kappa shape index (κ1) is 17.1. The molecule has 0 aliphatic heterocycles. The number of ether oxygens (including phenoxy) is 1. The van der Waals surface area contributed by atoms with Gasteiger partial charge in [0.1, 0.15) is 4.88 Å². The van der Waals surface area contributed by atoms with E-state index in [9.17, 15) is 14.4 Å². The highest BCUT2D eigenvalue weighted by atomic mass is 32.1. The average molecular weight is 313 g/mol. The molecule has 21 heavy (non-hydrogen) atoms. The largest absolute Gasteiger partial charge is 0.464 e. The van der Waals surface area contributed by atoms with Crippen molar-refractivity contribution in [3.8, 4) is 0 Å². The quantitative estimate of drug-likeness (QED) is 0.584. The number of nitrogens with zero attached hydrogens (tertiary/aromatic N) is 1. The van der Waals surface area contributed by atoms with E-state index in [1.807, 2.05) is 13.8 Å². The number of aromatic nitrogens is 1. The Morgan fingerprint density at radius 2 is 2.00 bits per heavy atom. The molecule has 1 amide bonds. The van der Waals surface area contributed by atoms with Gasteiger partial charge in [0.25, 0.3) is 0 Å². The third-order valence-corrected chi connectivity index (χ3v) is 3.52. The van der Waals surface area contributed by atoms with Gasteiger partial charge in [-0.05, 0) is 13.8 Å². The highest BCUT2D eigenvalue weighted by Crippen LogP contribution is 2.24. The lowest BCUT2D eigenvalue weighted by molar-refractivity contribution is -0.121. The maximum absolute atomic E-state index is 11.5. The van der Waals surface area contributed by atoms with Crippen LogP contribution in [0.5, 0.6) is 0 Å². The first-order valence-electron chi connectivity index (χ1n) is 6.48. The van der Waals surface area contributed by atoms with Gasteiger partial charge in [-0.3, -0.25) is 9.59 Å². The molecule has 0 atom stereocenters. The molecule has 116 valence electrons. The minimum atomic E-state index is -0.651. The number of amides is 1. The van der Waals surface area contributed by atoms with Crippen molar-refractivity contribution in [3.05, 3.63) is 10.6 Å². The van der Waals surface area contributed by atoms with E-state index in [2.05, 4.69) is 20.4 Å². The summed E-state index contributed by atoms with van der Waals surface area (Å²) >= 11 is 1.07. The normalized spacial score (nSPS) is 10.3. The molecule has 0 saturated heterocycles. The number of ketones is 1. The van der Waals surface area contributed by atoms with E-state index in [1.54, 1.807) is 0 Å². The number of carbonyl (C=O) groups is 3. The van der Waals surface area contributed by atoms with Crippen LogP contribution in [0.15, 0.2) is 0 Å². The van der Waals surface area contributed by atoms with Crippen molar-refractivity contribution >= 4 is 34.1 Å². The molecule has 2 N–H and O–H groups in total. The fourth-order valence-corrected chi connectivity index (χ4v) is 2.42. The molecule has 8 heteroatoms. The van der Waals surface area contributed by atoms with Crippen molar-refractivity contribution in [1.29, 1.82) is 0 Å². The molecule has 1 aromatic rings. The van der Waals surface area contributed by atoms with E-state index in [0.29, 0.717) is 11.7 Å². The van der Waals surface area contributed by atoms with Crippen molar-refractivity contribution in [3.63, 3.8) is 0 Å². The van der Waals surface area contributed by atoms with Crippen molar-refractivity contribution < 1.29 is 19.1 Å². The van der Waals surface area contributed by atoms with Crippen LogP contribution in [0.3, 0.4) is 0 Å². The van der Waals surface area contributed by atoms with Gasteiger partial charge in [0, 0.05) is 25.9 Å². The molecule has 0 saturated carbocycles. The zero-order chi connectivity index (χ0) is 16.0. The molecule has 1 rings (SSSR count). The Hall–Kier alpha value is -1.96. The highest BCUT2D eigenvalue weighted by Gasteiger charge is 2.21. The van der Waals surface area contributed by atoms with Crippen molar-refractivity contribution in [2.75, 3.05) is 19.0 Å². The van der Waals surface area contributed by atoms with Gasteiger partial charge in [-0.25, -0.2) is 9.78 Å². The molecule has 1 heterocycles. The minimum Gasteiger partial charge on any atom is -0.464 e. The van der Waals surface area contributed by atoms with E-state index in [4.69, 9.17) is 0 Å². The van der Waals surface area contributed by atoms with E-state index in [-0.39, 0.29) is 34.7 Å². The van der Waals surface area contributed by atoms with Crippen molar-refractivity contribution in [1.82, 2.24) is 10.3 Å². The number of thiazole rings is 1. The lowest BCUT2D eigenvalue weighted by Crippen LogP contribution is -2.31. The summed E-state index contributed by atoms with van der Waals surface area (Å²) in [6.45, 7) is 5.49. The van der Waals surface area contributed by atoms with Crippen LogP contribution in [0, 0.1) is 0 Å². The molecule has 0 radical (unpaired) electrons. The number of Topliss-reactive ketones (excluding diaryl/α,β-unsaturated/α-hetero) is 1. The molecule has 0 spiro atoms. The standard InChI is InChI=1S/C13H19N3O4S/c1-7(2)15-9(18)5-6-14-13-16-10(12(19)20-4)11(21-13)8(3)17/h7H,5-6H2,1-4H3,(H,14,16)(H,15,18). The van der Waals surface area contributed by atoms with Gasteiger partial charge in [0.05, 0.1) is 7.11 Å². The zero-order valence-corrected chi connectivity index (χ0v) is 13.3. The smallest absolute Gasteiger partial charge is 0.358 e. The lowest BCUT2D eigenvalue weighted by Gasteiger charge is -2.08. The van der Waals surface area contributed by atoms with Gasteiger partial charge in [-0.15, -0.1) is 0 Å². The van der Waals surface area contributed by atoms with Crippen LogP contribution in [-0.4, -0.2) is 42.3 Å². The summed E-state index contributed by atoms with van der Waals surface area (Å²) in [5.74, 6) is -0.977. The van der Waals surface area contributed by atoms with E-state index in [1.165, 1.54) is 14.0 Å². The molecule has 0 aliphatic carbocycles. The van der Waals surface area contributed by atoms with Gasteiger partial charge < -0.3 is 15.4 Å². The first-order valence-corrected chi connectivity index (χ1v) is 7.30. The van der Waals surface area contributed by atoms with E-state index < -0.39 is 5.97 Å². The summed E-state index contributed by atoms with van der Waals surface area (Å²) < 4.78 is 4.59. The summed E-state index contributed by atoms with van der Waals surface area (Å²) in [6, 6.07) is 0.0904. The SMILES string of the molecule is COC(=O)c1nc(NCCC(=O)NC(C)C)sc1C(C)=O. The fourth-order valence-electron chi connectivity index (χ4n) is 1.55. The van der Waals surface area contributed by atoms with Gasteiger partial charge in [-0.2, -0.15) is 0 Å². The Morgan fingerprint density at radius 3 is 2.52 bits per heavy atom. The second-order valence-corrected chi connectivity index (χ2v) is 5.64. The summed E-state index contributed by atoms with van der Waals surface area (Å²) in [6.07, 6.45) is 0.278. The predicted molar refractivity (Wildman–Crippen MR) is 79.8 cm³/mol. The van der Waals surface area contributed by atoms with Gasteiger partial charge in [0.15, 0.2) is 16.6 Å². The van der Waals surface area contributed by atoms with Crippen LogP contribution in [0.1, 0.15) is 47.4 Å². The van der Waals surface area contributed by atoms with Crippen LogP contribution < -0.4 is 10.6 Å². The molecule has 1 aromatic heterocycles. The highest BCUT2D eigenvalue weighted by molar-refractivity contribution is 7.17. The zero-order valence-electron chi connectivity index (χ0n) is 12.5. The first-order chi connectivity index (χ1) is 9.85. The lowest BCUT2D eigenvalue weighted by atomic mass is 10.3. The Labute approximate surface area is 127 Å². The number of nitrogens with one attached hydrogen (secondary N) is 2. The van der Waals surface area contributed by atoms with Crippen molar-refractivity contribution in [2.24, 2.45) is 0 Å². The average Bonchev–Trinajstić information content (AvgIpc) is 2.81. The van der Waals surface area contributed by atoms with Crippen molar-refractivity contribution in [2.45, 2.75) is 33.2 Å². The number of esters is 1. The van der Waals surface area contributed by atoms with Gasteiger partial charge >= 0.3 is 5.97 Å². The van der Waals surface area contributed by atoms with Crippen LogP contribution in [0.2, 0.25) is 0 Å². The molecular formula is C13H19N3O4S. The maximum Gasteiger partial charge on any atom is 0.358 e. The predicted octanol–water partition coefficient (Wildman–Crippen LogP) is 1.46. The fraction of sp³-hybridized carbons (Fsp3) is 0.538. The van der Waals surface area contributed by atoms with Crippen LogP contribution in [0.4, 0.5) is 5.13 Å². The summed E-state index contributed by atoms with van der Waals surface area (Å²) in [5, 5.41) is 6.11. The van der Waals surface area contributed by atoms with Gasteiger partial charge in [0.2, 0.25) is 5.91 Å². The molecule has 0 bridgehead atoms. The second kappa shape index (κ2) is 7.72. The number of methoxy groups -OCH3 is 1. The van der Waals surface area contributed by atoms with E-state index in [0.717, 1.165) is 11.3 Å². The number of rotatable bonds is 7. The Balaban J connectivity index is 2.66. The monoisotopic (exact) mass is 313 g/mol. The second-order valence-electron chi connectivity index (χ2n) is 4.64. The topological polar surface area (TPSA) is 97.4 Å². The summed E-state index contributed by atoms with van der Waals surface area (Å²) in [5.41, 5.74) is 0.00383. The number of anilines is 1. The molecule has 0 aliphatic rings. The Kier molecular flexibility index (Phi) is 6.29. The Morgan fingerprint density at radius 1 is 1.33 bits per heavy atom. The summed E-state index contributed by atoms with van der Waals surface area (Å²) in [4.78, 5) is 38.8. The molecule has 0 unspecified atom stereocenters. The van der Waals surface area contributed by atoms with Gasteiger partial charge in [-0.1, -0.05) is 11.3 Å². The molecule has 7 nitrogen and oxygen atoms in total. The maximum atomic E-state index is 11.5. The van der Waals surface area contributed by atoms with E-state index >= 15 is 0 Å². The minimum absolute atomic E-state index is 0.00383. The molecule has 0 aromatic carbocycles. The van der Waals surface area contributed by atoms with Crippen LogP contribution in [-0.2, 0) is 9.53 Å². The third-order valence-electron chi connectivity index (χ3n) is 2.40. The third kappa shape index (κ3) is 5.14. The number of hydrogen-bond donors (Lipinski definition) is 2. The Bertz CT molecular complexity index is 540.